The lowest BCUT2D eigenvalue weighted by atomic mass is 10.2. The van der Waals surface area contributed by atoms with E-state index in [1.165, 1.54) is 29.4 Å². The number of nitrogens with two attached hydrogens (primary N) is 1. The van der Waals surface area contributed by atoms with E-state index >= 15 is 0 Å². The van der Waals surface area contributed by atoms with Gasteiger partial charge < -0.3 is 15.0 Å². The largest absolute Gasteiger partial charge is 0.497 e. The van der Waals surface area contributed by atoms with Crippen LogP contribution in [0.5, 0.6) is 5.75 Å². The Labute approximate surface area is 107 Å². The summed E-state index contributed by atoms with van der Waals surface area (Å²) in [4.78, 5) is 0. The Bertz CT molecular complexity index is 621. The lowest BCUT2D eigenvalue weighted by molar-refractivity contribution is 0.415. The highest BCUT2D eigenvalue weighted by molar-refractivity contribution is 5.83. The Morgan fingerprint density at radius 2 is 2.06 bits per heavy atom. The van der Waals surface area contributed by atoms with E-state index in [4.69, 9.17) is 10.5 Å². The van der Waals surface area contributed by atoms with Crippen LogP contribution < -0.4 is 10.5 Å². The molecule has 3 nitrogen and oxygen atoms in total. The quantitative estimate of drug-likeness (QED) is 0.899. The third kappa shape index (κ3) is 1.40. The van der Waals surface area contributed by atoms with Crippen LogP contribution in [0.15, 0.2) is 24.3 Å². The number of hydrogen-bond donors (Lipinski definition) is 1. The highest BCUT2D eigenvalue weighted by Gasteiger charge is 2.44. The fourth-order valence-corrected chi connectivity index (χ4v) is 2.83. The second-order valence-electron chi connectivity index (χ2n) is 5.71. The first-order valence-corrected chi connectivity index (χ1v) is 6.70. The summed E-state index contributed by atoms with van der Waals surface area (Å²) in [7, 11) is 1.72. The lowest BCUT2D eigenvalue weighted by Gasteiger charge is -2.14. The molecule has 0 saturated heterocycles. The van der Waals surface area contributed by atoms with Crippen LogP contribution in [-0.2, 0) is 5.54 Å². The first-order valence-electron chi connectivity index (χ1n) is 6.70. The van der Waals surface area contributed by atoms with Gasteiger partial charge in [-0.3, -0.25) is 0 Å². The van der Waals surface area contributed by atoms with Crippen molar-refractivity contribution in [2.45, 2.75) is 37.3 Å². The maximum atomic E-state index is 6.42. The Hall–Kier alpha value is -1.48. The van der Waals surface area contributed by atoms with E-state index in [2.05, 4.69) is 22.8 Å². The number of methoxy groups -OCH3 is 1. The van der Waals surface area contributed by atoms with Crippen LogP contribution in [0.2, 0.25) is 0 Å². The molecule has 0 spiro atoms. The minimum absolute atomic E-state index is 0.0607. The van der Waals surface area contributed by atoms with E-state index in [0.717, 1.165) is 18.6 Å². The third-order valence-electron chi connectivity index (χ3n) is 4.26. The predicted octanol–water partition coefficient (Wildman–Crippen LogP) is 2.93. The summed E-state index contributed by atoms with van der Waals surface area (Å²) in [5, 5.41) is 1.29. The van der Waals surface area contributed by atoms with Crippen molar-refractivity contribution in [2.24, 2.45) is 5.73 Å². The summed E-state index contributed by atoms with van der Waals surface area (Å²) in [6, 6.07) is 9.25. The predicted molar refractivity (Wildman–Crippen MR) is 71.9 cm³/mol. The molecule has 1 heterocycles. The van der Waals surface area contributed by atoms with Crippen LogP contribution in [0, 0.1) is 0 Å². The highest BCUT2D eigenvalue weighted by atomic mass is 16.5. The lowest BCUT2D eigenvalue weighted by Crippen LogP contribution is -2.22. The van der Waals surface area contributed by atoms with Crippen molar-refractivity contribution in [3.05, 3.63) is 30.0 Å². The molecule has 2 aromatic rings. The Balaban J connectivity index is 1.98. The molecule has 1 aromatic heterocycles. The number of benzene rings is 1. The van der Waals surface area contributed by atoms with Gasteiger partial charge >= 0.3 is 0 Å². The average Bonchev–Trinajstić information content (AvgIpc) is 3.30. The van der Waals surface area contributed by atoms with Gasteiger partial charge in [-0.2, -0.15) is 0 Å². The molecule has 3 heteroatoms. The van der Waals surface area contributed by atoms with Crippen molar-refractivity contribution in [3.8, 4) is 5.75 Å². The maximum Gasteiger partial charge on any atom is 0.120 e. The van der Waals surface area contributed by atoms with E-state index < -0.39 is 0 Å². The molecule has 0 bridgehead atoms. The molecule has 0 radical (unpaired) electrons. The van der Waals surface area contributed by atoms with Gasteiger partial charge in [0.15, 0.2) is 0 Å². The molecule has 0 amide bonds. The SMILES string of the molecule is COc1ccc2cc(C3(N)CC3)n(C3CC3)c2c1. The number of ether oxygens (including phenoxy) is 1. The van der Waals surface area contributed by atoms with Gasteiger partial charge in [0.05, 0.1) is 18.2 Å². The van der Waals surface area contributed by atoms with Gasteiger partial charge in [0.2, 0.25) is 0 Å². The molecular formula is C15H18N2O. The van der Waals surface area contributed by atoms with E-state index in [-0.39, 0.29) is 5.54 Å². The topological polar surface area (TPSA) is 40.2 Å². The summed E-state index contributed by atoms with van der Waals surface area (Å²) in [5.41, 5.74) is 8.96. The first-order chi connectivity index (χ1) is 8.71. The molecule has 2 fully saturated rings. The maximum absolute atomic E-state index is 6.42. The molecule has 94 valence electrons. The second-order valence-corrected chi connectivity index (χ2v) is 5.71. The van der Waals surface area contributed by atoms with Gasteiger partial charge in [0.1, 0.15) is 5.75 Å². The van der Waals surface area contributed by atoms with Crippen molar-refractivity contribution < 1.29 is 4.74 Å². The zero-order chi connectivity index (χ0) is 12.3. The number of fused-ring (bicyclic) bond motifs is 1. The van der Waals surface area contributed by atoms with Gasteiger partial charge in [-0.15, -0.1) is 0 Å². The zero-order valence-corrected chi connectivity index (χ0v) is 10.6. The molecule has 0 atom stereocenters. The van der Waals surface area contributed by atoms with Crippen LogP contribution >= 0.6 is 0 Å². The minimum atomic E-state index is -0.0607. The monoisotopic (exact) mass is 242 g/mol. The van der Waals surface area contributed by atoms with Gasteiger partial charge in [-0.25, -0.2) is 0 Å². The summed E-state index contributed by atoms with van der Waals surface area (Å²) in [5.74, 6) is 0.927. The molecule has 18 heavy (non-hydrogen) atoms. The standard InChI is InChI=1S/C15H18N2O/c1-18-12-5-2-10-8-14(15(16)6-7-15)17(11-3-4-11)13(10)9-12/h2,5,8-9,11H,3-4,6-7,16H2,1H3. The van der Waals surface area contributed by atoms with Crippen molar-refractivity contribution in [1.82, 2.24) is 4.57 Å². The molecule has 0 aliphatic heterocycles. The molecule has 4 rings (SSSR count). The molecule has 2 saturated carbocycles. The van der Waals surface area contributed by atoms with Crippen molar-refractivity contribution in [2.75, 3.05) is 7.11 Å². The van der Waals surface area contributed by atoms with Gasteiger partial charge in [-0.1, -0.05) is 0 Å². The van der Waals surface area contributed by atoms with E-state index in [9.17, 15) is 0 Å². The molecule has 0 unspecified atom stereocenters. The van der Waals surface area contributed by atoms with Crippen molar-refractivity contribution in [1.29, 1.82) is 0 Å². The van der Waals surface area contributed by atoms with Crippen LogP contribution in [-0.4, -0.2) is 11.7 Å². The summed E-state index contributed by atoms with van der Waals surface area (Å²) >= 11 is 0. The number of nitrogens with zero attached hydrogens (tertiary/aromatic N) is 1. The Morgan fingerprint density at radius 3 is 2.67 bits per heavy atom. The average molecular weight is 242 g/mol. The summed E-state index contributed by atoms with van der Waals surface area (Å²) in [6.45, 7) is 0. The van der Waals surface area contributed by atoms with Crippen LogP contribution in [0.3, 0.4) is 0 Å². The van der Waals surface area contributed by atoms with Crippen molar-refractivity contribution >= 4 is 10.9 Å². The first kappa shape index (κ1) is 10.4. The van der Waals surface area contributed by atoms with Crippen LogP contribution in [0.4, 0.5) is 0 Å². The zero-order valence-electron chi connectivity index (χ0n) is 10.6. The van der Waals surface area contributed by atoms with Crippen LogP contribution in [0.25, 0.3) is 10.9 Å². The fraction of sp³-hybridized carbons (Fsp3) is 0.467. The van der Waals surface area contributed by atoms with Gasteiger partial charge in [-0.05, 0) is 43.9 Å². The van der Waals surface area contributed by atoms with Gasteiger partial charge in [0, 0.05) is 23.2 Å². The Kier molecular flexibility index (Phi) is 1.91. The normalized spacial score (nSPS) is 21.2. The number of hydrogen-bond acceptors (Lipinski definition) is 2. The van der Waals surface area contributed by atoms with Crippen molar-refractivity contribution in [3.63, 3.8) is 0 Å². The number of rotatable bonds is 3. The molecule has 2 aliphatic carbocycles. The second kappa shape index (κ2) is 3.29. The smallest absolute Gasteiger partial charge is 0.120 e. The molecule has 2 N–H and O–H groups in total. The Morgan fingerprint density at radius 1 is 1.28 bits per heavy atom. The van der Waals surface area contributed by atoms with E-state index in [0.29, 0.717) is 6.04 Å². The summed E-state index contributed by atoms with van der Waals surface area (Å²) in [6.07, 6.45) is 4.80. The number of aromatic nitrogens is 1. The molecule has 2 aliphatic rings. The summed E-state index contributed by atoms with van der Waals surface area (Å²) < 4.78 is 7.81. The minimum Gasteiger partial charge on any atom is -0.497 e. The third-order valence-corrected chi connectivity index (χ3v) is 4.26. The highest BCUT2D eigenvalue weighted by Crippen LogP contribution is 2.49. The van der Waals surface area contributed by atoms with Crippen LogP contribution in [0.1, 0.15) is 37.4 Å². The molecular weight excluding hydrogens is 224 g/mol. The molecule has 1 aromatic carbocycles. The van der Waals surface area contributed by atoms with E-state index in [1.807, 2.05) is 6.07 Å². The van der Waals surface area contributed by atoms with Gasteiger partial charge in [0.25, 0.3) is 0 Å². The van der Waals surface area contributed by atoms with E-state index in [1.54, 1.807) is 7.11 Å². The fourth-order valence-electron chi connectivity index (χ4n) is 2.83.